The number of hydrogen-bond donors (Lipinski definition) is 0. The lowest BCUT2D eigenvalue weighted by molar-refractivity contribution is -0.213. The van der Waals surface area contributed by atoms with Gasteiger partial charge < -0.3 is 4.74 Å². The zero-order valence-electron chi connectivity index (χ0n) is 15.9. The molecule has 132 valence electrons. The van der Waals surface area contributed by atoms with Crippen molar-refractivity contribution in [3.05, 3.63) is 0 Å². The minimum atomic E-state index is -0.364. The molecule has 4 bridgehead atoms. The Morgan fingerprint density at radius 2 is 1.48 bits per heavy atom. The number of rotatable bonds is 6. The van der Waals surface area contributed by atoms with E-state index in [0.717, 1.165) is 37.0 Å². The molecule has 0 N–H and O–H groups in total. The van der Waals surface area contributed by atoms with E-state index in [1.807, 2.05) is 13.8 Å². The zero-order valence-corrected chi connectivity index (χ0v) is 15.9. The average molecular weight is 321 g/mol. The molecular formula is C21H36O2. The van der Waals surface area contributed by atoms with Crippen LogP contribution in [0.15, 0.2) is 0 Å². The van der Waals surface area contributed by atoms with Gasteiger partial charge in [0.1, 0.15) is 5.60 Å². The summed E-state index contributed by atoms with van der Waals surface area (Å²) in [6, 6.07) is 0. The number of carbonyl (C=O) groups excluding carboxylic acids is 1. The molecule has 4 fully saturated rings. The monoisotopic (exact) mass is 320 g/mol. The van der Waals surface area contributed by atoms with Gasteiger partial charge in [-0.2, -0.15) is 0 Å². The zero-order chi connectivity index (χ0) is 16.9. The van der Waals surface area contributed by atoms with Crippen LogP contribution in [0.5, 0.6) is 0 Å². The highest BCUT2D eigenvalue weighted by molar-refractivity contribution is 5.76. The van der Waals surface area contributed by atoms with Gasteiger partial charge in [0, 0.05) is 5.41 Å². The van der Waals surface area contributed by atoms with E-state index in [1.165, 1.54) is 38.5 Å². The van der Waals surface area contributed by atoms with Gasteiger partial charge in [-0.15, -0.1) is 0 Å². The molecule has 4 rings (SSSR count). The summed E-state index contributed by atoms with van der Waals surface area (Å²) in [6.07, 6.45) is 11.2. The maximum absolute atomic E-state index is 12.9. The molecule has 2 heteroatoms. The molecule has 0 spiro atoms. The predicted octanol–water partition coefficient (Wildman–Crippen LogP) is 5.74. The van der Waals surface area contributed by atoms with Gasteiger partial charge in [-0.3, -0.25) is 4.79 Å². The maximum atomic E-state index is 12.9. The van der Waals surface area contributed by atoms with Crippen molar-refractivity contribution < 1.29 is 9.53 Å². The van der Waals surface area contributed by atoms with Crippen LogP contribution in [0.25, 0.3) is 0 Å². The van der Waals surface area contributed by atoms with Crippen molar-refractivity contribution in [3.63, 3.8) is 0 Å². The van der Waals surface area contributed by atoms with Crippen molar-refractivity contribution in [2.75, 3.05) is 0 Å². The van der Waals surface area contributed by atoms with Crippen molar-refractivity contribution in [2.24, 2.45) is 28.6 Å². The second-order valence-corrected chi connectivity index (χ2v) is 9.81. The molecule has 0 amide bonds. The molecule has 4 saturated carbocycles. The molecule has 4 aliphatic carbocycles. The quantitative estimate of drug-likeness (QED) is 0.583. The van der Waals surface area contributed by atoms with E-state index in [0.29, 0.717) is 0 Å². The Morgan fingerprint density at radius 1 is 1.00 bits per heavy atom. The Kier molecular flexibility index (Phi) is 4.34. The van der Waals surface area contributed by atoms with Gasteiger partial charge in [-0.1, -0.05) is 20.3 Å². The highest BCUT2D eigenvalue weighted by Crippen LogP contribution is 2.65. The molecule has 0 saturated heterocycles. The van der Waals surface area contributed by atoms with Crippen LogP contribution >= 0.6 is 0 Å². The summed E-state index contributed by atoms with van der Waals surface area (Å²) in [4.78, 5) is 12.9. The third-order valence-corrected chi connectivity index (χ3v) is 7.64. The highest BCUT2D eigenvalue weighted by Gasteiger charge is 2.60. The van der Waals surface area contributed by atoms with Gasteiger partial charge in [0.15, 0.2) is 0 Å². The molecule has 1 unspecified atom stereocenters. The summed E-state index contributed by atoms with van der Waals surface area (Å²) in [5.74, 6) is 2.72. The number of esters is 1. The minimum Gasteiger partial charge on any atom is -0.458 e. The maximum Gasteiger partial charge on any atom is 0.312 e. The molecule has 0 heterocycles. The van der Waals surface area contributed by atoms with Gasteiger partial charge in [0.25, 0.3) is 0 Å². The summed E-state index contributed by atoms with van der Waals surface area (Å²) in [6.45, 7) is 10.6. The van der Waals surface area contributed by atoms with Crippen LogP contribution in [0.4, 0.5) is 0 Å². The molecule has 2 nitrogen and oxygen atoms in total. The summed E-state index contributed by atoms with van der Waals surface area (Å²) in [7, 11) is 0. The number of hydrogen-bond acceptors (Lipinski definition) is 2. The van der Waals surface area contributed by atoms with Crippen LogP contribution in [-0.4, -0.2) is 11.6 Å². The molecule has 0 aromatic heterocycles. The van der Waals surface area contributed by atoms with Crippen molar-refractivity contribution in [2.45, 2.75) is 98.0 Å². The van der Waals surface area contributed by atoms with Crippen LogP contribution < -0.4 is 0 Å². The summed E-state index contributed by atoms with van der Waals surface area (Å²) >= 11 is 0. The van der Waals surface area contributed by atoms with E-state index in [2.05, 4.69) is 20.8 Å². The normalized spacial score (nSPS) is 38.4. The summed E-state index contributed by atoms with van der Waals surface area (Å²) in [5.41, 5.74) is -0.365. The standard InChI is InChI=1S/C21H36O2/c1-6-8-20(5,23-18(22)19(3,4)7-2)21-12-15-9-16(13-21)11-17(10-15)14-21/h15-17H,6-14H2,1-5H3. The molecule has 23 heavy (non-hydrogen) atoms. The van der Waals surface area contributed by atoms with Crippen molar-refractivity contribution >= 4 is 5.97 Å². The number of ether oxygens (including phenoxy) is 1. The highest BCUT2D eigenvalue weighted by atomic mass is 16.6. The first-order valence-electron chi connectivity index (χ1n) is 9.97. The average Bonchev–Trinajstić information content (AvgIpc) is 2.45. The first-order chi connectivity index (χ1) is 10.7. The Labute approximate surface area is 142 Å². The fourth-order valence-corrected chi connectivity index (χ4v) is 6.15. The van der Waals surface area contributed by atoms with Crippen LogP contribution in [0, 0.1) is 28.6 Å². The van der Waals surface area contributed by atoms with Gasteiger partial charge in [-0.05, 0) is 89.9 Å². The van der Waals surface area contributed by atoms with Gasteiger partial charge in [-0.25, -0.2) is 0 Å². The fourth-order valence-electron chi connectivity index (χ4n) is 6.15. The first kappa shape index (κ1) is 17.3. The van der Waals surface area contributed by atoms with E-state index in [4.69, 9.17) is 4.74 Å². The predicted molar refractivity (Wildman–Crippen MR) is 94.1 cm³/mol. The molecular weight excluding hydrogens is 284 g/mol. The third kappa shape index (κ3) is 2.85. The van der Waals surface area contributed by atoms with Crippen molar-refractivity contribution in [3.8, 4) is 0 Å². The Balaban J connectivity index is 1.87. The Hall–Kier alpha value is -0.530. The topological polar surface area (TPSA) is 26.3 Å². The lowest BCUT2D eigenvalue weighted by atomic mass is 9.45. The van der Waals surface area contributed by atoms with Gasteiger partial charge in [0.2, 0.25) is 0 Å². The molecule has 0 aliphatic heterocycles. The smallest absolute Gasteiger partial charge is 0.312 e. The van der Waals surface area contributed by atoms with E-state index >= 15 is 0 Å². The van der Waals surface area contributed by atoms with Gasteiger partial charge in [0.05, 0.1) is 5.41 Å². The van der Waals surface area contributed by atoms with Crippen LogP contribution in [0.2, 0.25) is 0 Å². The van der Waals surface area contributed by atoms with Gasteiger partial charge >= 0.3 is 5.97 Å². The molecule has 1 atom stereocenters. The van der Waals surface area contributed by atoms with Crippen LogP contribution in [0.3, 0.4) is 0 Å². The molecule has 0 aromatic carbocycles. The van der Waals surface area contributed by atoms with Crippen molar-refractivity contribution in [1.82, 2.24) is 0 Å². The van der Waals surface area contributed by atoms with Crippen LogP contribution in [-0.2, 0) is 9.53 Å². The molecule has 0 aromatic rings. The molecule has 0 radical (unpaired) electrons. The summed E-state index contributed by atoms with van der Waals surface area (Å²) in [5, 5.41) is 0. The second-order valence-electron chi connectivity index (χ2n) is 9.81. The summed E-state index contributed by atoms with van der Waals surface area (Å²) < 4.78 is 6.38. The minimum absolute atomic E-state index is 0.0201. The number of carbonyl (C=O) groups is 1. The lowest BCUT2D eigenvalue weighted by Crippen LogP contribution is -2.59. The molecule has 4 aliphatic rings. The second kappa shape index (κ2) is 5.77. The van der Waals surface area contributed by atoms with Crippen molar-refractivity contribution in [1.29, 1.82) is 0 Å². The van der Waals surface area contributed by atoms with Crippen LogP contribution in [0.1, 0.15) is 92.4 Å². The Bertz CT molecular complexity index is 429. The SMILES string of the molecule is CCCC(C)(OC(=O)C(C)(C)CC)C12CC3CC(CC(C3)C1)C2. The van der Waals surface area contributed by atoms with E-state index in [9.17, 15) is 4.79 Å². The first-order valence-corrected chi connectivity index (χ1v) is 9.97. The van der Waals surface area contributed by atoms with E-state index in [1.54, 1.807) is 0 Å². The lowest BCUT2D eigenvalue weighted by Gasteiger charge is -2.62. The largest absolute Gasteiger partial charge is 0.458 e. The van der Waals surface area contributed by atoms with E-state index in [-0.39, 0.29) is 22.4 Å². The fraction of sp³-hybridized carbons (Fsp3) is 0.952. The van der Waals surface area contributed by atoms with E-state index < -0.39 is 0 Å². The Morgan fingerprint density at radius 3 is 1.87 bits per heavy atom. The third-order valence-electron chi connectivity index (χ3n) is 7.64.